The molecule has 0 aliphatic carbocycles. The Labute approximate surface area is 113 Å². The average Bonchev–Trinajstić information content (AvgIpc) is 2.80. The molecule has 7 heteroatoms. The van der Waals surface area contributed by atoms with E-state index in [-0.39, 0.29) is 5.91 Å². The van der Waals surface area contributed by atoms with Crippen molar-refractivity contribution < 1.29 is 9.00 Å². The third-order valence-corrected chi connectivity index (χ3v) is 3.40. The average molecular weight is 278 g/mol. The number of hydrogen-bond donors (Lipinski definition) is 2. The summed E-state index contributed by atoms with van der Waals surface area (Å²) in [6.45, 7) is 1.86. The van der Waals surface area contributed by atoms with Gasteiger partial charge in [0.15, 0.2) is 5.69 Å². The summed E-state index contributed by atoms with van der Waals surface area (Å²) in [5.74, 6) is -0.235. The van der Waals surface area contributed by atoms with Crippen molar-refractivity contribution in [3.8, 4) is 5.69 Å². The van der Waals surface area contributed by atoms with Crippen molar-refractivity contribution in [1.82, 2.24) is 15.1 Å². The molecule has 0 aliphatic heterocycles. The summed E-state index contributed by atoms with van der Waals surface area (Å²) < 4.78 is 12.8. The number of nitrogens with two attached hydrogens (primary N) is 1. The molecule has 0 saturated carbocycles. The Bertz CT molecular complexity index is 634. The van der Waals surface area contributed by atoms with Gasteiger partial charge in [0, 0.05) is 12.7 Å². The van der Waals surface area contributed by atoms with Gasteiger partial charge in [-0.1, -0.05) is 0 Å². The molecule has 3 N–H and O–H groups in total. The van der Waals surface area contributed by atoms with E-state index >= 15 is 0 Å². The molecular formula is C12H14N4O2S. The van der Waals surface area contributed by atoms with E-state index < -0.39 is 11.0 Å². The highest BCUT2D eigenvalue weighted by molar-refractivity contribution is 7.82. The molecule has 1 aromatic carbocycles. The molecule has 1 heterocycles. The Morgan fingerprint density at radius 3 is 2.53 bits per heavy atom. The lowest BCUT2D eigenvalue weighted by Crippen LogP contribution is -2.18. The van der Waals surface area contributed by atoms with E-state index in [1.54, 1.807) is 42.1 Å². The SMILES string of the molecule is CNC(=O)c1cc(C)n(-c2ccc(S(N)=O)cc2)n1. The quantitative estimate of drug-likeness (QED) is 0.857. The van der Waals surface area contributed by atoms with Crippen molar-refractivity contribution in [2.24, 2.45) is 5.14 Å². The number of carbonyl (C=O) groups excluding carboxylic acids is 1. The largest absolute Gasteiger partial charge is 0.354 e. The van der Waals surface area contributed by atoms with Crippen molar-refractivity contribution in [3.63, 3.8) is 0 Å². The lowest BCUT2D eigenvalue weighted by atomic mass is 10.3. The van der Waals surface area contributed by atoms with E-state index in [1.165, 1.54) is 0 Å². The number of hydrogen-bond acceptors (Lipinski definition) is 3. The van der Waals surface area contributed by atoms with Crippen molar-refractivity contribution >= 4 is 16.9 Å². The molecule has 0 bridgehead atoms. The Kier molecular flexibility index (Phi) is 3.77. The normalized spacial score (nSPS) is 12.2. The molecule has 1 atom stereocenters. The number of amides is 1. The number of aryl methyl sites for hydroxylation is 1. The maximum absolute atomic E-state index is 11.5. The van der Waals surface area contributed by atoms with Gasteiger partial charge in [-0.05, 0) is 37.3 Å². The maximum Gasteiger partial charge on any atom is 0.271 e. The monoisotopic (exact) mass is 278 g/mol. The molecule has 0 fully saturated rings. The van der Waals surface area contributed by atoms with Gasteiger partial charge in [0.05, 0.1) is 10.6 Å². The van der Waals surface area contributed by atoms with Crippen molar-refractivity contribution in [2.75, 3.05) is 7.05 Å². The summed E-state index contributed by atoms with van der Waals surface area (Å²) in [5, 5.41) is 12.0. The number of benzene rings is 1. The zero-order valence-corrected chi connectivity index (χ0v) is 11.4. The van der Waals surface area contributed by atoms with E-state index in [0.29, 0.717) is 10.6 Å². The Morgan fingerprint density at radius 2 is 2.00 bits per heavy atom. The van der Waals surface area contributed by atoms with E-state index in [9.17, 15) is 9.00 Å². The molecule has 1 unspecified atom stereocenters. The Balaban J connectivity index is 2.39. The molecule has 2 aromatic rings. The third kappa shape index (κ3) is 2.72. The fourth-order valence-electron chi connectivity index (χ4n) is 1.70. The summed E-state index contributed by atoms with van der Waals surface area (Å²) in [6.07, 6.45) is 0. The van der Waals surface area contributed by atoms with Crippen LogP contribution in [0.2, 0.25) is 0 Å². The van der Waals surface area contributed by atoms with Gasteiger partial charge in [-0.2, -0.15) is 5.10 Å². The molecule has 0 radical (unpaired) electrons. The first-order valence-corrected chi connectivity index (χ1v) is 6.79. The van der Waals surface area contributed by atoms with Gasteiger partial charge in [0.25, 0.3) is 5.91 Å². The van der Waals surface area contributed by atoms with Crippen molar-refractivity contribution in [1.29, 1.82) is 0 Å². The van der Waals surface area contributed by atoms with E-state index in [4.69, 9.17) is 5.14 Å². The van der Waals surface area contributed by atoms with Crippen LogP contribution in [0.15, 0.2) is 35.2 Å². The fraction of sp³-hybridized carbons (Fsp3) is 0.167. The molecule has 1 aromatic heterocycles. The molecular weight excluding hydrogens is 264 g/mol. The van der Waals surface area contributed by atoms with Crippen LogP contribution in [0.1, 0.15) is 16.2 Å². The molecule has 2 rings (SSSR count). The van der Waals surface area contributed by atoms with Crippen LogP contribution in [0.5, 0.6) is 0 Å². The molecule has 6 nitrogen and oxygen atoms in total. The van der Waals surface area contributed by atoms with Crippen LogP contribution in [0, 0.1) is 6.92 Å². The van der Waals surface area contributed by atoms with E-state index in [1.807, 2.05) is 6.92 Å². The number of carbonyl (C=O) groups is 1. The number of rotatable bonds is 3. The highest BCUT2D eigenvalue weighted by atomic mass is 32.2. The van der Waals surface area contributed by atoms with Crippen LogP contribution in [0.4, 0.5) is 0 Å². The van der Waals surface area contributed by atoms with Crippen LogP contribution in [0.3, 0.4) is 0 Å². The molecule has 0 aliphatic rings. The van der Waals surface area contributed by atoms with E-state index in [0.717, 1.165) is 11.4 Å². The zero-order valence-electron chi connectivity index (χ0n) is 10.6. The number of aromatic nitrogens is 2. The van der Waals surface area contributed by atoms with Gasteiger partial charge in [0.2, 0.25) is 0 Å². The summed E-state index contributed by atoms with van der Waals surface area (Å²) in [7, 11) is 0.0613. The maximum atomic E-state index is 11.5. The first kappa shape index (κ1) is 13.4. The summed E-state index contributed by atoms with van der Waals surface area (Å²) in [4.78, 5) is 12.1. The van der Waals surface area contributed by atoms with Gasteiger partial charge in [0.1, 0.15) is 11.0 Å². The second-order valence-corrected chi connectivity index (χ2v) is 5.02. The lowest BCUT2D eigenvalue weighted by molar-refractivity contribution is 0.0957. The van der Waals surface area contributed by atoms with Gasteiger partial charge in [-0.25, -0.2) is 14.0 Å². The first-order valence-electron chi connectivity index (χ1n) is 5.58. The Hall–Kier alpha value is -1.99. The predicted octanol–water partition coefficient (Wildman–Crippen LogP) is 0.522. The molecule has 0 saturated heterocycles. The summed E-state index contributed by atoms with van der Waals surface area (Å²) in [6, 6.07) is 8.56. The lowest BCUT2D eigenvalue weighted by Gasteiger charge is -2.04. The smallest absolute Gasteiger partial charge is 0.271 e. The standard InChI is InChI=1S/C12H14N4O2S/c1-8-7-11(12(17)14-2)15-16(8)9-3-5-10(6-4-9)19(13)18/h3-7H,13H2,1-2H3,(H,14,17). The van der Waals surface area contributed by atoms with Crippen LogP contribution < -0.4 is 10.5 Å². The van der Waals surface area contributed by atoms with Crippen LogP contribution >= 0.6 is 0 Å². The van der Waals surface area contributed by atoms with Crippen molar-refractivity contribution in [2.45, 2.75) is 11.8 Å². The minimum Gasteiger partial charge on any atom is -0.354 e. The minimum absolute atomic E-state index is 0.235. The minimum atomic E-state index is -1.50. The predicted molar refractivity (Wildman–Crippen MR) is 72.3 cm³/mol. The zero-order chi connectivity index (χ0) is 14.0. The van der Waals surface area contributed by atoms with E-state index in [2.05, 4.69) is 10.4 Å². The Morgan fingerprint density at radius 1 is 1.37 bits per heavy atom. The fourth-order valence-corrected chi connectivity index (χ4v) is 2.10. The number of nitrogens with one attached hydrogen (secondary N) is 1. The van der Waals surface area contributed by atoms with Crippen LogP contribution in [-0.4, -0.2) is 26.9 Å². The molecule has 100 valence electrons. The first-order chi connectivity index (χ1) is 9.02. The topological polar surface area (TPSA) is 90.0 Å². The molecule has 19 heavy (non-hydrogen) atoms. The summed E-state index contributed by atoms with van der Waals surface area (Å²) in [5.41, 5.74) is 1.97. The van der Waals surface area contributed by atoms with Gasteiger partial charge in [-0.15, -0.1) is 0 Å². The second-order valence-electron chi connectivity index (χ2n) is 3.95. The molecule has 0 spiro atoms. The number of nitrogens with zero attached hydrogens (tertiary/aromatic N) is 2. The van der Waals surface area contributed by atoms with Crippen LogP contribution in [-0.2, 0) is 11.0 Å². The highest BCUT2D eigenvalue weighted by Gasteiger charge is 2.11. The van der Waals surface area contributed by atoms with Gasteiger partial charge < -0.3 is 5.32 Å². The summed E-state index contributed by atoms with van der Waals surface area (Å²) >= 11 is 0. The van der Waals surface area contributed by atoms with Gasteiger partial charge in [-0.3, -0.25) is 4.79 Å². The van der Waals surface area contributed by atoms with Gasteiger partial charge >= 0.3 is 0 Å². The third-order valence-electron chi connectivity index (χ3n) is 2.66. The van der Waals surface area contributed by atoms with Crippen molar-refractivity contribution in [3.05, 3.63) is 41.7 Å². The highest BCUT2D eigenvalue weighted by Crippen LogP contribution is 2.14. The van der Waals surface area contributed by atoms with Crippen LogP contribution in [0.25, 0.3) is 5.69 Å². The second kappa shape index (κ2) is 5.33. The molecule has 1 amide bonds.